The molecule has 0 unspecified atom stereocenters. The highest BCUT2D eigenvalue weighted by molar-refractivity contribution is 6.33. The first-order valence-electron chi connectivity index (χ1n) is 9.26. The Balaban J connectivity index is 1.63. The first kappa shape index (κ1) is 19.9. The van der Waals surface area contributed by atoms with Crippen molar-refractivity contribution >= 4 is 29.2 Å². The Morgan fingerprint density at radius 1 is 1.14 bits per heavy atom. The third-order valence-corrected chi connectivity index (χ3v) is 4.80. The summed E-state index contributed by atoms with van der Waals surface area (Å²) in [5, 5.41) is 3.24. The molecule has 1 aromatic heterocycles. The van der Waals surface area contributed by atoms with Crippen molar-refractivity contribution in [3.8, 4) is 5.75 Å². The molecule has 8 heteroatoms. The molecule has 0 bridgehead atoms. The van der Waals surface area contributed by atoms with Gasteiger partial charge in [0.2, 0.25) is 0 Å². The fourth-order valence-corrected chi connectivity index (χ4v) is 3.29. The van der Waals surface area contributed by atoms with Crippen molar-refractivity contribution in [2.75, 3.05) is 38.1 Å². The van der Waals surface area contributed by atoms with Crippen molar-refractivity contribution in [1.29, 1.82) is 0 Å². The van der Waals surface area contributed by atoms with Crippen LogP contribution >= 0.6 is 11.6 Å². The summed E-state index contributed by atoms with van der Waals surface area (Å²) in [7, 11) is 0. The average Bonchev–Trinajstić information content (AvgIpc) is 2.96. The summed E-state index contributed by atoms with van der Waals surface area (Å²) >= 11 is 6.09. The van der Waals surface area contributed by atoms with Crippen LogP contribution in [0.3, 0.4) is 0 Å². The molecular weight excluding hydrogens is 380 g/mol. The number of hydrogen-bond donors (Lipinski definition) is 1. The minimum atomic E-state index is -0.205. The lowest BCUT2D eigenvalue weighted by molar-refractivity contribution is 0.0762. The number of benzene rings is 1. The number of hydrogen-bond acceptors (Lipinski definition) is 4. The fraction of sp³-hybridized carbons (Fsp3) is 0.350. The number of carbonyl (C=O) groups excluding carboxylic acids is 2. The van der Waals surface area contributed by atoms with Crippen molar-refractivity contribution < 1.29 is 14.3 Å². The van der Waals surface area contributed by atoms with Gasteiger partial charge in [0.1, 0.15) is 5.75 Å². The summed E-state index contributed by atoms with van der Waals surface area (Å²) in [4.78, 5) is 32.8. The largest absolute Gasteiger partial charge is 0.492 e. The number of ether oxygens (including phenoxy) is 1. The zero-order chi connectivity index (χ0) is 19.9. The van der Waals surface area contributed by atoms with Crippen molar-refractivity contribution in [2.45, 2.75) is 13.3 Å². The summed E-state index contributed by atoms with van der Waals surface area (Å²) in [6.07, 6.45) is 3.70. The lowest BCUT2D eigenvalue weighted by atomic mass is 10.2. The summed E-state index contributed by atoms with van der Waals surface area (Å²) in [6.45, 7) is 4.43. The third kappa shape index (κ3) is 4.72. The second kappa shape index (κ2) is 9.41. The molecule has 0 atom stereocenters. The monoisotopic (exact) mass is 402 g/mol. The number of para-hydroxylation sites is 2. The molecule has 1 fully saturated rings. The van der Waals surface area contributed by atoms with E-state index in [9.17, 15) is 9.59 Å². The summed E-state index contributed by atoms with van der Waals surface area (Å²) < 4.78 is 5.55. The number of anilines is 1. The van der Waals surface area contributed by atoms with E-state index in [4.69, 9.17) is 16.3 Å². The van der Waals surface area contributed by atoms with E-state index in [1.54, 1.807) is 22.1 Å². The molecule has 1 aliphatic heterocycles. The number of pyridine rings is 1. The molecule has 2 heterocycles. The summed E-state index contributed by atoms with van der Waals surface area (Å²) in [5.41, 5.74) is 1.07. The average molecular weight is 403 g/mol. The van der Waals surface area contributed by atoms with Crippen LogP contribution in [-0.2, 0) is 0 Å². The van der Waals surface area contributed by atoms with Crippen LogP contribution in [0.5, 0.6) is 5.75 Å². The SMILES string of the molecule is CCOc1ccccc1NC(=O)N1CCCN(C(=O)c2ccncc2Cl)CC1. The minimum absolute atomic E-state index is 0.142. The van der Waals surface area contributed by atoms with Crippen LogP contribution in [0.1, 0.15) is 23.7 Å². The van der Waals surface area contributed by atoms with E-state index in [-0.39, 0.29) is 11.9 Å². The Bertz CT molecular complexity index is 846. The highest BCUT2D eigenvalue weighted by Gasteiger charge is 2.24. The van der Waals surface area contributed by atoms with Gasteiger partial charge in [0.05, 0.1) is 22.9 Å². The van der Waals surface area contributed by atoms with E-state index in [2.05, 4.69) is 10.3 Å². The summed E-state index contributed by atoms with van der Waals surface area (Å²) in [6, 6.07) is 8.75. The van der Waals surface area contributed by atoms with Gasteiger partial charge in [0.15, 0.2) is 0 Å². The van der Waals surface area contributed by atoms with Crippen molar-refractivity contribution in [1.82, 2.24) is 14.8 Å². The molecule has 0 saturated carbocycles. The Morgan fingerprint density at radius 3 is 2.68 bits per heavy atom. The van der Waals surface area contributed by atoms with Crippen LogP contribution in [-0.4, -0.2) is 59.5 Å². The predicted octanol–water partition coefficient (Wildman–Crippen LogP) is 3.51. The van der Waals surface area contributed by atoms with E-state index in [0.717, 1.165) is 0 Å². The lowest BCUT2D eigenvalue weighted by Crippen LogP contribution is -2.39. The van der Waals surface area contributed by atoms with Gasteiger partial charge in [-0.05, 0) is 31.5 Å². The zero-order valence-corrected chi connectivity index (χ0v) is 16.5. The second-order valence-corrected chi connectivity index (χ2v) is 6.75. The third-order valence-electron chi connectivity index (χ3n) is 4.50. The molecule has 0 aliphatic carbocycles. The number of carbonyl (C=O) groups is 2. The van der Waals surface area contributed by atoms with Gasteiger partial charge in [-0.1, -0.05) is 23.7 Å². The molecule has 0 radical (unpaired) electrons. The molecule has 3 amide bonds. The number of urea groups is 1. The molecule has 148 valence electrons. The van der Waals surface area contributed by atoms with Crippen LogP contribution in [0.25, 0.3) is 0 Å². The van der Waals surface area contributed by atoms with Crippen LogP contribution in [0.4, 0.5) is 10.5 Å². The van der Waals surface area contributed by atoms with Crippen LogP contribution < -0.4 is 10.1 Å². The maximum absolute atomic E-state index is 12.7. The number of nitrogens with one attached hydrogen (secondary N) is 1. The molecule has 3 rings (SSSR count). The normalized spacial score (nSPS) is 14.4. The van der Waals surface area contributed by atoms with Crippen molar-refractivity contribution in [2.24, 2.45) is 0 Å². The maximum Gasteiger partial charge on any atom is 0.322 e. The number of rotatable bonds is 4. The molecule has 0 spiro atoms. The topological polar surface area (TPSA) is 74.8 Å². The van der Waals surface area contributed by atoms with Crippen LogP contribution in [0.15, 0.2) is 42.7 Å². The van der Waals surface area contributed by atoms with Gasteiger partial charge < -0.3 is 19.9 Å². The highest BCUT2D eigenvalue weighted by Crippen LogP contribution is 2.24. The van der Waals surface area contributed by atoms with Crippen LogP contribution in [0.2, 0.25) is 5.02 Å². The number of amides is 3. The van der Waals surface area contributed by atoms with Gasteiger partial charge in [0.25, 0.3) is 5.91 Å². The molecular formula is C20H23ClN4O3. The molecule has 1 saturated heterocycles. The van der Waals surface area contributed by atoms with Gasteiger partial charge in [-0.2, -0.15) is 0 Å². The number of nitrogens with zero attached hydrogens (tertiary/aromatic N) is 3. The Morgan fingerprint density at radius 2 is 1.89 bits per heavy atom. The first-order chi connectivity index (χ1) is 13.6. The second-order valence-electron chi connectivity index (χ2n) is 6.35. The first-order valence-corrected chi connectivity index (χ1v) is 9.64. The number of halogens is 1. The van der Waals surface area contributed by atoms with E-state index in [1.807, 2.05) is 31.2 Å². The highest BCUT2D eigenvalue weighted by atomic mass is 35.5. The van der Waals surface area contributed by atoms with E-state index in [0.29, 0.717) is 61.2 Å². The van der Waals surface area contributed by atoms with Crippen molar-refractivity contribution in [3.63, 3.8) is 0 Å². The quantitative estimate of drug-likeness (QED) is 0.849. The van der Waals surface area contributed by atoms with Gasteiger partial charge in [-0.15, -0.1) is 0 Å². The Hall–Kier alpha value is -2.80. The van der Waals surface area contributed by atoms with Gasteiger partial charge in [0, 0.05) is 38.6 Å². The molecule has 1 N–H and O–H groups in total. The predicted molar refractivity (Wildman–Crippen MR) is 108 cm³/mol. The van der Waals surface area contributed by atoms with Gasteiger partial charge >= 0.3 is 6.03 Å². The van der Waals surface area contributed by atoms with E-state index >= 15 is 0 Å². The van der Waals surface area contributed by atoms with Crippen molar-refractivity contribution in [3.05, 3.63) is 53.3 Å². The molecule has 7 nitrogen and oxygen atoms in total. The molecule has 1 aromatic carbocycles. The van der Waals surface area contributed by atoms with Crippen LogP contribution in [0, 0.1) is 0 Å². The Kier molecular flexibility index (Phi) is 6.71. The number of aromatic nitrogens is 1. The van der Waals surface area contributed by atoms with E-state index in [1.165, 1.54) is 6.20 Å². The standard InChI is InChI=1S/C20H23ClN4O3/c1-2-28-18-7-4-3-6-17(18)23-20(27)25-11-5-10-24(12-13-25)19(26)15-8-9-22-14-16(15)21/h3-4,6-9,14H,2,5,10-13H2,1H3,(H,23,27). The van der Waals surface area contributed by atoms with E-state index < -0.39 is 0 Å². The zero-order valence-electron chi connectivity index (χ0n) is 15.7. The summed E-state index contributed by atoms with van der Waals surface area (Å²) in [5.74, 6) is 0.494. The fourth-order valence-electron chi connectivity index (χ4n) is 3.09. The minimum Gasteiger partial charge on any atom is -0.492 e. The molecule has 1 aliphatic rings. The Labute approximate surface area is 169 Å². The smallest absolute Gasteiger partial charge is 0.322 e. The maximum atomic E-state index is 12.7. The molecule has 2 aromatic rings. The van der Waals surface area contributed by atoms with Gasteiger partial charge in [-0.25, -0.2) is 4.79 Å². The lowest BCUT2D eigenvalue weighted by Gasteiger charge is -2.23. The van der Waals surface area contributed by atoms with Gasteiger partial charge in [-0.3, -0.25) is 9.78 Å². The molecule has 28 heavy (non-hydrogen) atoms.